The first-order valence-electron chi connectivity index (χ1n) is 6.59. The fourth-order valence-corrected chi connectivity index (χ4v) is 2.49. The molecule has 1 aromatic rings. The van der Waals surface area contributed by atoms with Gasteiger partial charge in [0, 0.05) is 37.0 Å². The van der Waals surface area contributed by atoms with Gasteiger partial charge in [-0.25, -0.2) is 4.79 Å². The van der Waals surface area contributed by atoms with Crippen molar-refractivity contribution in [3.05, 3.63) is 34.9 Å². The summed E-state index contributed by atoms with van der Waals surface area (Å²) in [5, 5.41) is 9.16. The smallest absolute Gasteiger partial charge is 0.328 e. The molecular formula is C15H18ClNO3. The molecule has 1 aromatic carbocycles. The Balaban J connectivity index is 2.05. The average Bonchev–Trinajstić information content (AvgIpc) is 2.89. The van der Waals surface area contributed by atoms with Crippen LogP contribution in [0.2, 0.25) is 5.02 Å². The Morgan fingerprint density at radius 1 is 1.60 bits per heavy atom. The summed E-state index contributed by atoms with van der Waals surface area (Å²) in [6.45, 7) is 1.68. The van der Waals surface area contributed by atoms with Crippen LogP contribution in [0, 0.1) is 0 Å². The molecule has 0 saturated carbocycles. The minimum Gasteiger partial charge on any atom is -0.478 e. The predicted octanol–water partition coefficient (Wildman–Crippen LogP) is 3.05. The lowest BCUT2D eigenvalue weighted by atomic mass is 10.1. The first kappa shape index (κ1) is 14.9. The van der Waals surface area contributed by atoms with E-state index in [-0.39, 0.29) is 6.10 Å². The molecule has 5 heteroatoms. The van der Waals surface area contributed by atoms with Crippen LogP contribution in [0.5, 0.6) is 0 Å². The van der Waals surface area contributed by atoms with Gasteiger partial charge in [-0.15, -0.1) is 0 Å². The molecule has 108 valence electrons. The monoisotopic (exact) mass is 295 g/mol. The van der Waals surface area contributed by atoms with E-state index in [1.165, 1.54) is 6.08 Å². The lowest BCUT2D eigenvalue weighted by Crippen LogP contribution is -2.28. The predicted molar refractivity (Wildman–Crippen MR) is 80.4 cm³/mol. The Hall–Kier alpha value is -1.52. The number of aliphatic carboxylic acids is 1. The molecule has 1 aliphatic rings. The molecule has 0 aliphatic carbocycles. The second-order valence-electron chi connectivity index (χ2n) is 4.89. The molecule has 1 unspecified atom stereocenters. The molecule has 20 heavy (non-hydrogen) atoms. The lowest BCUT2D eigenvalue weighted by molar-refractivity contribution is -0.131. The third kappa shape index (κ3) is 3.99. The fourth-order valence-electron chi connectivity index (χ4n) is 2.25. The van der Waals surface area contributed by atoms with E-state index in [1.54, 1.807) is 0 Å². The summed E-state index contributed by atoms with van der Waals surface area (Å²) in [5.41, 5.74) is 1.70. The number of anilines is 1. The second-order valence-corrected chi connectivity index (χ2v) is 5.30. The summed E-state index contributed by atoms with van der Waals surface area (Å²) >= 11 is 6.17. The van der Waals surface area contributed by atoms with Crippen LogP contribution in [0.1, 0.15) is 18.4 Å². The Morgan fingerprint density at radius 2 is 2.40 bits per heavy atom. The van der Waals surface area contributed by atoms with Gasteiger partial charge < -0.3 is 14.7 Å². The maximum Gasteiger partial charge on any atom is 0.328 e. The van der Waals surface area contributed by atoms with Crippen LogP contribution >= 0.6 is 11.6 Å². The van der Waals surface area contributed by atoms with E-state index >= 15 is 0 Å². The number of hydrogen-bond donors (Lipinski definition) is 1. The van der Waals surface area contributed by atoms with E-state index in [4.69, 9.17) is 21.4 Å². The molecule has 0 spiro atoms. The maximum absolute atomic E-state index is 10.5. The van der Waals surface area contributed by atoms with Crippen LogP contribution in [-0.2, 0) is 9.53 Å². The Labute approximate surface area is 123 Å². The highest BCUT2D eigenvalue weighted by molar-refractivity contribution is 6.32. The van der Waals surface area contributed by atoms with Crippen LogP contribution < -0.4 is 4.90 Å². The third-order valence-electron chi connectivity index (χ3n) is 3.33. The Bertz CT molecular complexity index is 510. The largest absolute Gasteiger partial charge is 0.478 e. The van der Waals surface area contributed by atoms with Crippen LogP contribution in [0.15, 0.2) is 24.3 Å². The first-order chi connectivity index (χ1) is 9.56. The zero-order chi connectivity index (χ0) is 14.5. The molecule has 4 nitrogen and oxygen atoms in total. The van der Waals surface area contributed by atoms with Gasteiger partial charge in [-0.2, -0.15) is 0 Å². The number of likely N-dealkylation sites (N-methyl/N-ethyl adjacent to an activating group) is 1. The number of carboxylic acids is 1. The molecule has 1 aliphatic heterocycles. The number of carboxylic acid groups (broad SMARTS) is 1. The number of ether oxygens (including phenoxy) is 1. The third-order valence-corrected chi connectivity index (χ3v) is 3.66. The fraction of sp³-hybridized carbons (Fsp3) is 0.400. The summed E-state index contributed by atoms with van der Waals surface area (Å²) in [5.74, 6) is -0.986. The van der Waals surface area contributed by atoms with Crippen molar-refractivity contribution in [1.82, 2.24) is 0 Å². The Kier molecular flexibility index (Phi) is 5.04. The minimum atomic E-state index is -0.986. The molecule has 1 N–H and O–H groups in total. The molecule has 0 amide bonds. The van der Waals surface area contributed by atoms with E-state index in [0.29, 0.717) is 10.6 Å². The summed E-state index contributed by atoms with van der Waals surface area (Å²) < 4.78 is 5.61. The van der Waals surface area contributed by atoms with E-state index in [1.807, 2.05) is 25.2 Å². The van der Waals surface area contributed by atoms with Gasteiger partial charge in [-0.3, -0.25) is 0 Å². The van der Waals surface area contributed by atoms with Crippen LogP contribution in [0.4, 0.5) is 5.69 Å². The highest BCUT2D eigenvalue weighted by Gasteiger charge is 2.17. The molecule has 0 radical (unpaired) electrons. The number of hydrogen-bond acceptors (Lipinski definition) is 3. The second kappa shape index (κ2) is 6.77. The molecule has 1 saturated heterocycles. The quantitative estimate of drug-likeness (QED) is 0.848. The van der Waals surface area contributed by atoms with Crippen LogP contribution in [0.25, 0.3) is 6.08 Å². The SMILES string of the molecule is CN(CC1CCCO1)c1ccc(/C=C/C(=O)O)c(Cl)c1. The summed E-state index contributed by atoms with van der Waals surface area (Å²) in [7, 11) is 2.00. The van der Waals surface area contributed by atoms with Crippen molar-refractivity contribution in [3.8, 4) is 0 Å². The van der Waals surface area contributed by atoms with Gasteiger partial charge in [0.15, 0.2) is 0 Å². The summed E-state index contributed by atoms with van der Waals surface area (Å²) in [6, 6.07) is 5.60. The first-order valence-corrected chi connectivity index (χ1v) is 6.97. The van der Waals surface area contributed by atoms with Crippen molar-refractivity contribution in [3.63, 3.8) is 0 Å². The molecule has 0 aromatic heterocycles. The molecule has 1 heterocycles. The van der Waals surface area contributed by atoms with Gasteiger partial charge in [0.05, 0.1) is 6.10 Å². The molecule has 2 rings (SSSR count). The number of rotatable bonds is 5. The van der Waals surface area contributed by atoms with E-state index < -0.39 is 5.97 Å². The normalized spacial score (nSPS) is 18.6. The number of benzene rings is 1. The van der Waals surface area contributed by atoms with Crippen LogP contribution in [-0.4, -0.2) is 37.4 Å². The van der Waals surface area contributed by atoms with Crippen molar-refractivity contribution in [2.24, 2.45) is 0 Å². The van der Waals surface area contributed by atoms with Gasteiger partial charge in [-0.05, 0) is 36.6 Å². The topological polar surface area (TPSA) is 49.8 Å². The summed E-state index contributed by atoms with van der Waals surface area (Å²) in [4.78, 5) is 12.6. The van der Waals surface area contributed by atoms with E-state index in [0.717, 1.165) is 37.8 Å². The summed E-state index contributed by atoms with van der Waals surface area (Å²) in [6.07, 6.45) is 5.08. The van der Waals surface area contributed by atoms with Crippen molar-refractivity contribution in [1.29, 1.82) is 0 Å². The van der Waals surface area contributed by atoms with Gasteiger partial charge in [-0.1, -0.05) is 17.7 Å². The highest BCUT2D eigenvalue weighted by atomic mass is 35.5. The zero-order valence-corrected chi connectivity index (χ0v) is 12.1. The van der Waals surface area contributed by atoms with Crippen LogP contribution in [0.3, 0.4) is 0 Å². The maximum atomic E-state index is 10.5. The van der Waals surface area contributed by atoms with Gasteiger partial charge in [0.1, 0.15) is 0 Å². The standard InChI is InChI=1S/C15H18ClNO3/c1-17(10-13-3-2-8-20-13)12-6-4-11(14(16)9-12)5-7-15(18)19/h4-7,9,13H,2-3,8,10H2,1H3,(H,18,19)/b7-5+. The highest BCUT2D eigenvalue weighted by Crippen LogP contribution is 2.25. The number of nitrogens with zero attached hydrogens (tertiary/aromatic N) is 1. The van der Waals surface area contributed by atoms with Crippen molar-refractivity contribution in [2.45, 2.75) is 18.9 Å². The van der Waals surface area contributed by atoms with Crippen molar-refractivity contribution < 1.29 is 14.6 Å². The van der Waals surface area contributed by atoms with E-state index in [9.17, 15) is 4.79 Å². The van der Waals surface area contributed by atoms with Gasteiger partial charge in [0.25, 0.3) is 0 Å². The molecule has 0 bridgehead atoms. The number of carbonyl (C=O) groups is 1. The zero-order valence-electron chi connectivity index (χ0n) is 11.4. The average molecular weight is 296 g/mol. The van der Waals surface area contributed by atoms with Crippen molar-refractivity contribution >= 4 is 29.3 Å². The molecular weight excluding hydrogens is 278 g/mol. The van der Waals surface area contributed by atoms with Gasteiger partial charge in [0.2, 0.25) is 0 Å². The molecule has 1 atom stereocenters. The van der Waals surface area contributed by atoms with Crippen molar-refractivity contribution in [2.75, 3.05) is 25.1 Å². The van der Waals surface area contributed by atoms with E-state index in [2.05, 4.69) is 4.90 Å². The van der Waals surface area contributed by atoms with Gasteiger partial charge >= 0.3 is 5.97 Å². The molecule has 1 fully saturated rings. The number of halogens is 1. The lowest BCUT2D eigenvalue weighted by Gasteiger charge is -2.23. The minimum absolute atomic E-state index is 0.283. The Morgan fingerprint density at radius 3 is 3.00 bits per heavy atom.